The minimum atomic E-state index is -4.40. The number of halogens is 3. The number of hydrogen-bond donors (Lipinski definition) is 2. The summed E-state index contributed by atoms with van der Waals surface area (Å²) in [4.78, 5) is 39.5. The van der Waals surface area contributed by atoms with E-state index in [4.69, 9.17) is 0 Å². The molecule has 3 aliphatic rings. The van der Waals surface area contributed by atoms with E-state index in [1.807, 2.05) is 0 Å². The molecule has 30 heavy (non-hydrogen) atoms. The molecule has 0 bridgehead atoms. The second kappa shape index (κ2) is 7.66. The fourth-order valence-electron chi connectivity index (χ4n) is 4.71. The third kappa shape index (κ3) is 3.69. The minimum Gasteiger partial charge on any atom is -0.322 e. The Morgan fingerprint density at radius 2 is 1.97 bits per heavy atom. The van der Waals surface area contributed by atoms with Gasteiger partial charge in [-0.15, -0.1) is 0 Å². The van der Waals surface area contributed by atoms with Crippen molar-refractivity contribution >= 4 is 17.7 Å². The number of alkyl halides is 3. The van der Waals surface area contributed by atoms with Crippen LogP contribution in [0.25, 0.3) is 0 Å². The van der Waals surface area contributed by atoms with Gasteiger partial charge in [0.1, 0.15) is 12.1 Å². The number of nitrogens with zero attached hydrogens (tertiary/aromatic N) is 2. The van der Waals surface area contributed by atoms with E-state index >= 15 is 0 Å². The molecule has 4 rings (SSSR count). The predicted molar refractivity (Wildman–Crippen MR) is 100 cm³/mol. The summed E-state index contributed by atoms with van der Waals surface area (Å²) >= 11 is 0. The monoisotopic (exact) mass is 424 g/mol. The summed E-state index contributed by atoms with van der Waals surface area (Å²) < 4.78 is 40.9. The largest absolute Gasteiger partial charge is 0.405 e. The van der Waals surface area contributed by atoms with Gasteiger partial charge >= 0.3 is 6.18 Å². The fraction of sp³-hybridized carbons (Fsp3) is 0.550. The molecule has 0 radical (unpaired) electrons. The van der Waals surface area contributed by atoms with Crippen molar-refractivity contribution in [3.63, 3.8) is 0 Å². The number of nitrogens with one attached hydrogen (secondary N) is 2. The van der Waals surface area contributed by atoms with Crippen LogP contribution in [0.15, 0.2) is 18.2 Å². The average Bonchev–Trinajstić information content (AvgIpc) is 2.98. The van der Waals surface area contributed by atoms with Crippen LogP contribution < -0.4 is 10.6 Å². The number of hydrogen-bond acceptors (Lipinski definition) is 5. The first kappa shape index (κ1) is 20.8. The maximum absolute atomic E-state index is 13.6. The molecule has 7 nitrogen and oxygen atoms in total. The number of carbonyl (C=O) groups excluding carboxylic acids is 3. The van der Waals surface area contributed by atoms with Crippen molar-refractivity contribution in [2.75, 3.05) is 13.1 Å². The molecule has 10 heteroatoms. The second-order valence-electron chi connectivity index (χ2n) is 8.05. The molecule has 2 N–H and O–H groups in total. The molecule has 1 aromatic carbocycles. The van der Waals surface area contributed by atoms with E-state index in [1.54, 1.807) is 18.2 Å². The van der Waals surface area contributed by atoms with Crippen molar-refractivity contribution in [1.29, 1.82) is 0 Å². The lowest BCUT2D eigenvalue weighted by Gasteiger charge is -2.41. The first-order chi connectivity index (χ1) is 14.2. The lowest BCUT2D eigenvalue weighted by molar-refractivity contribution is -0.197. The summed E-state index contributed by atoms with van der Waals surface area (Å²) in [6.45, 7) is 2.35. The van der Waals surface area contributed by atoms with Gasteiger partial charge in [0, 0.05) is 44.2 Å². The maximum Gasteiger partial charge on any atom is 0.405 e. The van der Waals surface area contributed by atoms with Gasteiger partial charge in [-0.2, -0.15) is 13.2 Å². The van der Waals surface area contributed by atoms with E-state index in [2.05, 4.69) is 10.6 Å². The van der Waals surface area contributed by atoms with Crippen LogP contribution in [-0.4, -0.2) is 64.9 Å². The molecule has 0 spiro atoms. The lowest BCUT2D eigenvalue weighted by Crippen LogP contribution is -2.62. The van der Waals surface area contributed by atoms with E-state index in [0.29, 0.717) is 23.2 Å². The molecule has 0 saturated carbocycles. The number of imide groups is 1. The summed E-state index contributed by atoms with van der Waals surface area (Å²) in [5.41, 5.74) is 1.58. The van der Waals surface area contributed by atoms with Crippen LogP contribution in [0.4, 0.5) is 13.2 Å². The van der Waals surface area contributed by atoms with Crippen molar-refractivity contribution in [1.82, 2.24) is 20.4 Å². The van der Waals surface area contributed by atoms with Crippen LogP contribution in [0.2, 0.25) is 0 Å². The standard InChI is InChI=1S/C20H23F3N4O3/c1-11-17(20(21,22)23)26(8-7-24-11)9-12-3-2-4-13-10-27(19(30)16(12)13)14-5-6-15(28)25-18(14)29/h2-4,11,14,17,24H,5-10H2,1H3,(H,25,28,29)/t11-,14?,17-/m1/s1. The van der Waals surface area contributed by atoms with Crippen LogP contribution in [0.1, 0.15) is 41.3 Å². The first-order valence-corrected chi connectivity index (χ1v) is 9.96. The van der Waals surface area contributed by atoms with Gasteiger partial charge in [-0.05, 0) is 24.5 Å². The van der Waals surface area contributed by atoms with E-state index < -0.39 is 30.2 Å². The van der Waals surface area contributed by atoms with Gasteiger partial charge in [-0.25, -0.2) is 0 Å². The Balaban J connectivity index is 1.59. The molecular weight excluding hydrogens is 401 g/mol. The van der Waals surface area contributed by atoms with Crippen LogP contribution in [0.5, 0.6) is 0 Å². The van der Waals surface area contributed by atoms with E-state index in [0.717, 1.165) is 0 Å². The molecule has 1 unspecified atom stereocenters. The van der Waals surface area contributed by atoms with Gasteiger partial charge in [0.05, 0.1) is 0 Å². The molecule has 162 valence electrons. The Hall–Kier alpha value is -2.46. The summed E-state index contributed by atoms with van der Waals surface area (Å²) in [6, 6.07) is 1.99. The summed E-state index contributed by atoms with van der Waals surface area (Å²) in [5, 5.41) is 5.11. The van der Waals surface area contributed by atoms with Gasteiger partial charge in [0.2, 0.25) is 11.8 Å². The van der Waals surface area contributed by atoms with Crippen LogP contribution in [-0.2, 0) is 22.7 Å². The second-order valence-corrected chi connectivity index (χ2v) is 8.05. The summed E-state index contributed by atoms with van der Waals surface area (Å²) in [7, 11) is 0. The first-order valence-electron chi connectivity index (χ1n) is 9.96. The predicted octanol–water partition coefficient (Wildman–Crippen LogP) is 1.17. The molecule has 3 amide bonds. The molecule has 2 saturated heterocycles. The van der Waals surface area contributed by atoms with Gasteiger partial charge < -0.3 is 10.2 Å². The number of benzene rings is 1. The average molecular weight is 424 g/mol. The normalized spacial score (nSPS) is 27.9. The van der Waals surface area contributed by atoms with Crippen molar-refractivity contribution in [2.45, 2.75) is 57.2 Å². The molecular formula is C20H23F3N4O3. The lowest BCUT2D eigenvalue weighted by atomic mass is 9.99. The number of carbonyl (C=O) groups is 3. The highest BCUT2D eigenvalue weighted by Gasteiger charge is 2.48. The van der Waals surface area contributed by atoms with E-state index in [1.165, 1.54) is 16.7 Å². The molecule has 3 aliphatic heterocycles. The number of rotatable bonds is 3. The number of amides is 3. The summed E-state index contributed by atoms with van der Waals surface area (Å²) in [6.07, 6.45) is -4.01. The molecule has 0 aromatic heterocycles. The van der Waals surface area contributed by atoms with Gasteiger partial charge in [-0.1, -0.05) is 18.2 Å². The Kier molecular flexibility index (Phi) is 5.31. The smallest absolute Gasteiger partial charge is 0.322 e. The van der Waals surface area contributed by atoms with Gasteiger partial charge in [-0.3, -0.25) is 24.6 Å². The molecule has 3 atom stereocenters. The van der Waals surface area contributed by atoms with Crippen molar-refractivity contribution < 1.29 is 27.6 Å². The molecule has 3 heterocycles. The highest BCUT2D eigenvalue weighted by molar-refractivity contribution is 6.05. The maximum atomic E-state index is 13.6. The third-order valence-corrected chi connectivity index (χ3v) is 6.08. The Bertz CT molecular complexity index is 889. The SMILES string of the molecule is C[C@H]1NCCN(Cc2cccc3c2C(=O)N(C2CCC(=O)NC2=O)C3)[C@H]1C(F)(F)F. The third-order valence-electron chi connectivity index (χ3n) is 6.08. The Morgan fingerprint density at radius 1 is 1.20 bits per heavy atom. The zero-order valence-corrected chi connectivity index (χ0v) is 16.5. The van der Waals surface area contributed by atoms with Crippen LogP contribution in [0.3, 0.4) is 0 Å². The van der Waals surface area contributed by atoms with Gasteiger partial charge in [0.15, 0.2) is 0 Å². The fourth-order valence-corrected chi connectivity index (χ4v) is 4.71. The van der Waals surface area contributed by atoms with Gasteiger partial charge in [0.25, 0.3) is 5.91 Å². The molecule has 0 aliphatic carbocycles. The zero-order chi connectivity index (χ0) is 21.6. The van der Waals surface area contributed by atoms with E-state index in [-0.39, 0.29) is 44.3 Å². The quantitative estimate of drug-likeness (QED) is 0.712. The minimum absolute atomic E-state index is 0.00566. The Morgan fingerprint density at radius 3 is 2.67 bits per heavy atom. The summed E-state index contributed by atoms with van der Waals surface area (Å²) in [5.74, 6) is -1.25. The van der Waals surface area contributed by atoms with Crippen LogP contribution in [0, 0.1) is 0 Å². The highest BCUT2D eigenvalue weighted by atomic mass is 19.4. The van der Waals surface area contributed by atoms with E-state index in [9.17, 15) is 27.6 Å². The van der Waals surface area contributed by atoms with Crippen molar-refractivity contribution in [2.24, 2.45) is 0 Å². The number of piperazine rings is 1. The number of piperidine rings is 1. The topological polar surface area (TPSA) is 81.8 Å². The number of fused-ring (bicyclic) bond motifs is 1. The molecule has 2 fully saturated rings. The zero-order valence-electron chi connectivity index (χ0n) is 16.5. The highest BCUT2D eigenvalue weighted by Crippen LogP contribution is 2.33. The van der Waals surface area contributed by atoms with Crippen molar-refractivity contribution in [3.8, 4) is 0 Å². The van der Waals surface area contributed by atoms with Crippen molar-refractivity contribution in [3.05, 3.63) is 34.9 Å². The van der Waals surface area contributed by atoms with Crippen LogP contribution >= 0.6 is 0 Å². The molecule has 1 aromatic rings. The Labute approximate surface area is 171 Å².